The van der Waals surface area contributed by atoms with E-state index in [-0.39, 0.29) is 17.8 Å². The summed E-state index contributed by atoms with van der Waals surface area (Å²) in [5.74, 6) is -1.25. The van der Waals surface area contributed by atoms with Crippen LogP contribution in [-0.2, 0) is 11.3 Å². The second kappa shape index (κ2) is 5.61. The highest BCUT2D eigenvalue weighted by Gasteiger charge is 2.10. The van der Waals surface area contributed by atoms with Crippen LogP contribution in [0.2, 0.25) is 0 Å². The van der Waals surface area contributed by atoms with Gasteiger partial charge in [0.1, 0.15) is 12.4 Å². The lowest BCUT2D eigenvalue weighted by Gasteiger charge is -2.09. The largest absolute Gasteiger partial charge is 0.399 e. The van der Waals surface area contributed by atoms with E-state index >= 15 is 0 Å². The second-order valence-electron chi connectivity index (χ2n) is 4.49. The summed E-state index contributed by atoms with van der Waals surface area (Å²) in [6, 6.07) is 3.76. The van der Waals surface area contributed by atoms with Crippen molar-refractivity contribution in [3.8, 4) is 0 Å². The first-order chi connectivity index (χ1) is 9.86. The zero-order valence-electron chi connectivity index (χ0n) is 11.1. The summed E-state index contributed by atoms with van der Waals surface area (Å²) < 4.78 is 14.5. The van der Waals surface area contributed by atoms with Crippen LogP contribution in [0.3, 0.4) is 0 Å². The van der Waals surface area contributed by atoms with Crippen LogP contribution >= 0.6 is 0 Å². The molecule has 7 nitrogen and oxygen atoms in total. The van der Waals surface area contributed by atoms with E-state index in [1.807, 2.05) is 0 Å². The van der Waals surface area contributed by atoms with Gasteiger partial charge in [0.25, 0.3) is 5.56 Å². The smallest absolute Gasteiger partial charge is 0.328 e. The Morgan fingerprint density at radius 3 is 2.86 bits per heavy atom. The minimum atomic E-state index is -0.714. The van der Waals surface area contributed by atoms with Gasteiger partial charge in [-0.2, -0.15) is 0 Å². The summed E-state index contributed by atoms with van der Waals surface area (Å²) in [6.45, 7) is 1.15. The molecule has 4 N–H and O–H groups in total. The number of anilines is 2. The van der Waals surface area contributed by atoms with Crippen LogP contribution in [-0.4, -0.2) is 15.5 Å². The Labute approximate surface area is 118 Å². The van der Waals surface area contributed by atoms with Crippen molar-refractivity contribution in [2.24, 2.45) is 0 Å². The highest BCUT2D eigenvalue weighted by atomic mass is 19.1. The van der Waals surface area contributed by atoms with Gasteiger partial charge in [0.05, 0.1) is 5.69 Å². The Balaban J connectivity index is 2.19. The van der Waals surface area contributed by atoms with Crippen molar-refractivity contribution in [1.82, 2.24) is 9.55 Å². The molecule has 0 atom stereocenters. The van der Waals surface area contributed by atoms with Gasteiger partial charge in [-0.15, -0.1) is 0 Å². The van der Waals surface area contributed by atoms with Crippen LogP contribution in [0.15, 0.2) is 34.0 Å². The summed E-state index contributed by atoms with van der Waals surface area (Å²) in [4.78, 5) is 36.7. The van der Waals surface area contributed by atoms with Crippen molar-refractivity contribution in [2.45, 2.75) is 13.5 Å². The molecule has 0 spiro atoms. The molecule has 0 unspecified atom stereocenters. The number of halogens is 1. The number of nitrogens with zero attached hydrogens (tertiary/aromatic N) is 1. The van der Waals surface area contributed by atoms with Crippen LogP contribution in [0.4, 0.5) is 15.8 Å². The summed E-state index contributed by atoms with van der Waals surface area (Å²) in [5, 5.41) is 2.32. The monoisotopic (exact) mass is 292 g/mol. The molecule has 8 heteroatoms. The second-order valence-corrected chi connectivity index (χ2v) is 4.49. The Hall–Kier alpha value is -2.90. The SMILES string of the molecule is Cc1cn(CC(=O)Nc2cc(N)ccc2F)c(=O)[nH]c1=O. The number of hydrogen-bond donors (Lipinski definition) is 3. The minimum absolute atomic E-state index is 0.0748. The van der Waals surface area contributed by atoms with E-state index < -0.39 is 23.0 Å². The highest BCUT2D eigenvalue weighted by Crippen LogP contribution is 2.17. The molecule has 2 aromatic rings. The molecule has 0 aliphatic heterocycles. The number of nitrogen functional groups attached to an aromatic ring is 1. The van der Waals surface area contributed by atoms with Crippen LogP contribution < -0.4 is 22.3 Å². The van der Waals surface area contributed by atoms with E-state index in [0.717, 1.165) is 10.6 Å². The zero-order chi connectivity index (χ0) is 15.6. The van der Waals surface area contributed by atoms with Gasteiger partial charge in [0.15, 0.2) is 0 Å². The van der Waals surface area contributed by atoms with Crippen molar-refractivity contribution >= 4 is 17.3 Å². The van der Waals surface area contributed by atoms with Gasteiger partial charge < -0.3 is 11.1 Å². The zero-order valence-corrected chi connectivity index (χ0v) is 11.1. The number of amides is 1. The molecule has 0 fully saturated rings. The number of aromatic amines is 1. The van der Waals surface area contributed by atoms with Crippen LogP contribution in [0.5, 0.6) is 0 Å². The molecule has 110 valence electrons. The number of H-pyrrole nitrogens is 1. The van der Waals surface area contributed by atoms with Gasteiger partial charge in [-0.1, -0.05) is 0 Å². The lowest BCUT2D eigenvalue weighted by molar-refractivity contribution is -0.116. The van der Waals surface area contributed by atoms with Gasteiger partial charge in [-0.05, 0) is 25.1 Å². The number of benzene rings is 1. The average Bonchev–Trinajstić information content (AvgIpc) is 2.40. The maximum Gasteiger partial charge on any atom is 0.328 e. The number of rotatable bonds is 3. The van der Waals surface area contributed by atoms with E-state index in [9.17, 15) is 18.8 Å². The van der Waals surface area contributed by atoms with Gasteiger partial charge in [-0.25, -0.2) is 9.18 Å². The first-order valence-corrected chi connectivity index (χ1v) is 6.02. The van der Waals surface area contributed by atoms with Crippen LogP contribution in [0.25, 0.3) is 0 Å². The normalized spacial score (nSPS) is 10.4. The minimum Gasteiger partial charge on any atom is -0.399 e. The maximum absolute atomic E-state index is 13.5. The molecule has 1 aromatic carbocycles. The number of carbonyl (C=O) groups excluding carboxylic acids is 1. The predicted octanol–water partition coefficient (Wildman–Crippen LogP) is 0.205. The van der Waals surface area contributed by atoms with E-state index in [4.69, 9.17) is 5.73 Å². The van der Waals surface area contributed by atoms with Crippen molar-refractivity contribution in [3.63, 3.8) is 0 Å². The molecule has 1 aromatic heterocycles. The third kappa shape index (κ3) is 3.35. The Morgan fingerprint density at radius 1 is 1.43 bits per heavy atom. The number of nitrogens with one attached hydrogen (secondary N) is 2. The molecule has 0 saturated carbocycles. The van der Waals surface area contributed by atoms with Crippen molar-refractivity contribution < 1.29 is 9.18 Å². The molecular weight excluding hydrogens is 279 g/mol. The lowest BCUT2D eigenvalue weighted by Crippen LogP contribution is -2.34. The molecule has 1 amide bonds. The molecule has 2 rings (SSSR count). The summed E-state index contributed by atoms with van der Waals surface area (Å²) >= 11 is 0. The number of hydrogen-bond acceptors (Lipinski definition) is 4. The van der Waals surface area contributed by atoms with E-state index in [0.29, 0.717) is 5.69 Å². The van der Waals surface area contributed by atoms with Gasteiger partial charge >= 0.3 is 5.69 Å². The molecule has 0 aliphatic rings. The van der Waals surface area contributed by atoms with Crippen LogP contribution in [0, 0.1) is 12.7 Å². The Bertz CT molecular complexity index is 810. The molecular formula is C13H13FN4O3. The Morgan fingerprint density at radius 2 is 2.14 bits per heavy atom. The predicted molar refractivity (Wildman–Crippen MR) is 75.5 cm³/mol. The van der Waals surface area contributed by atoms with E-state index in [1.165, 1.54) is 25.3 Å². The van der Waals surface area contributed by atoms with Crippen molar-refractivity contribution in [2.75, 3.05) is 11.1 Å². The number of carbonyl (C=O) groups is 1. The quantitative estimate of drug-likeness (QED) is 0.702. The summed E-state index contributed by atoms with van der Waals surface area (Å²) in [6.07, 6.45) is 1.26. The first kappa shape index (κ1) is 14.5. The molecule has 0 bridgehead atoms. The Kier molecular flexibility index (Phi) is 3.88. The number of aromatic nitrogens is 2. The van der Waals surface area contributed by atoms with Gasteiger partial charge in [0.2, 0.25) is 5.91 Å². The lowest BCUT2D eigenvalue weighted by atomic mass is 10.2. The topological polar surface area (TPSA) is 110 Å². The number of aryl methyl sites for hydroxylation is 1. The molecule has 0 radical (unpaired) electrons. The molecule has 0 aliphatic carbocycles. The van der Waals surface area contributed by atoms with Crippen molar-refractivity contribution in [3.05, 3.63) is 56.6 Å². The molecule has 21 heavy (non-hydrogen) atoms. The van der Waals surface area contributed by atoms with Crippen molar-refractivity contribution in [1.29, 1.82) is 0 Å². The van der Waals surface area contributed by atoms with E-state index in [2.05, 4.69) is 10.3 Å². The highest BCUT2D eigenvalue weighted by molar-refractivity contribution is 5.91. The fraction of sp³-hybridized carbons (Fsp3) is 0.154. The van der Waals surface area contributed by atoms with E-state index in [1.54, 1.807) is 0 Å². The van der Waals surface area contributed by atoms with Crippen LogP contribution in [0.1, 0.15) is 5.56 Å². The average molecular weight is 292 g/mol. The fourth-order valence-corrected chi connectivity index (χ4v) is 1.72. The van der Waals surface area contributed by atoms with Gasteiger partial charge in [0, 0.05) is 17.4 Å². The third-order valence-electron chi connectivity index (χ3n) is 2.77. The summed E-state index contributed by atoms with van der Waals surface area (Å²) in [7, 11) is 0. The fourth-order valence-electron chi connectivity index (χ4n) is 1.72. The van der Waals surface area contributed by atoms with Gasteiger partial charge in [-0.3, -0.25) is 19.1 Å². The molecule has 1 heterocycles. The number of nitrogens with two attached hydrogens (primary N) is 1. The standard InChI is InChI=1S/C13H13FN4O3/c1-7-5-18(13(21)17-12(7)20)6-11(19)16-10-4-8(15)2-3-9(10)14/h2-5H,6,15H2,1H3,(H,16,19)(H,17,20,21). The maximum atomic E-state index is 13.5. The third-order valence-corrected chi connectivity index (χ3v) is 2.77. The molecule has 0 saturated heterocycles. The first-order valence-electron chi connectivity index (χ1n) is 6.02. The summed E-state index contributed by atoms with van der Waals surface area (Å²) in [5.41, 5.74) is 4.78.